The van der Waals surface area contributed by atoms with Gasteiger partial charge < -0.3 is 10.1 Å². The van der Waals surface area contributed by atoms with Crippen molar-refractivity contribution >= 4 is 33.6 Å². The fourth-order valence-electron chi connectivity index (χ4n) is 2.24. The van der Waals surface area contributed by atoms with Crippen molar-refractivity contribution in [2.24, 2.45) is 0 Å². The highest BCUT2D eigenvalue weighted by molar-refractivity contribution is 9.10. The smallest absolute Gasteiger partial charge is 0.412 e. The number of anilines is 1. The molecule has 138 valence electrons. The standard InChI is InChI=1S/C20H23BrN2O3/c1-13(14-5-9-16(21)10-6-14)22-18(24)15-7-11-17(12-8-15)23-19(25)26-20(2,3)4/h5-13H,1-4H3,(H,22,24)(H,23,25)/t13-/m1/s1. The van der Waals surface area contributed by atoms with Gasteiger partial charge in [-0.3, -0.25) is 10.1 Å². The van der Waals surface area contributed by atoms with Crippen LogP contribution in [0.5, 0.6) is 0 Å². The Morgan fingerprint density at radius 2 is 1.58 bits per heavy atom. The van der Waals surface area contributed by atoms with Crippen molar-refractivity contribution in [2.45, 2.75) is 39.3 Å². The highest BCUT2D eigenvalue weighted by Gasteiger charge is 2.16. The first-order valence-corrected chi connectivity index (χ1v) is 9.10. The summed E-state index contributed by atoms with van der Waals surface area (Å²) in [4.78, 5) is 24.1. The second-order valence-electron chi connectivity index (χ2n) is 6.95. The van der Waals surface area contributed by atoms with E-state index in [-0.39, 0.29) is 11.9 Å². The highest BCUT2D eigenvalue weighted by Crippen LogP contribution is 2.18. The van der Waals surface area contributed by atoms with Gasteiger partial charge in [0, 0.05) is 15.7 Å². The highest BCUT2D eigenvalue weighted by atomic mass is 79.9. The number of hydrogen-bond acceptors (Lipinski definition) is 3. The van der Waals surface area contributed by atoms with E-state index in [1.807, 2.05) is 31.2 Å². The predicted molar refractivity (Wildman–Crippen MR) is 106 cm³/mol. The third kappa shape index (κ3) is 6.19. The number of ether oxygens (including phenoxy) is 1. The molecule has 5 nitrogen and oxygen atoms in total. The van der Waals surface area contributed by atoms with E-state index in [4.69, 9.17) is 4.74 Å². The molecule has 0 aliphatic rings. The number of carbonyl (C=O) groups is 2. The maximum atomic E-state index is 12.4. The van der Waals surface area contributed by atoms with Gasteiger partial charge in [-0.05, 0) is 69.7 Å². The molecule has 1 atom stereocenters. The molecule has 0 saturated heterocycles. The summed E-state index contributed by atoms with van der Waals surface area (Å²) >= 11 is 3.40. The molecular formula is C20H23BrN2O3. The lowest BCUT2D eigenvalue weighted by molar-refractivity contribution is 0.0635. The second kappa shape index (κ2) is 8.36. The Hall–Kier alpha value is -2.34. The van der Waals surface area contributed by atoms with Crippen molar-refractivity contribution in [3.05, 3.63) is 64.1 Å². The Kier molecular flexibility index (Phi) is 6.42. The molecule has 2 N–H and O–H groups in total. The van der Waals surface area contributed by atoms with Crippen LogP contribution in [0.15, 0.2) is 53.0 Å². The lowest BCUT2D eigenvalue weighted by Gasteiger charge is -2.19. The zero-order valence-corrected chi connectivity index (χ0v) is 16.9. The van der Waals surface area contributed by atoms with E-state index in [0.717, 1.165) is 10.0 Å². The molecule has 2 amide bonds. The van der Waals surface area contributed by atoms with Gasteiger partial charge in [-0.25, -0.2) is 4.79 Å². The summed E-state index contributed by atoms with van der Waals surface area (Å²) in [6, 6.07) is 14.4. The molecule has 0 radical (unpaired) electrons. The van der Waals surface area contributed by atoms with Gasteiger partial charge in [-0.2, -0.15) is 0 Å². The average molecular weight is 419 g/mol. The van der Waals surface area contributed by atoms with Crippen LogP contribution in [0, 0.1) is 0 Å². The van der Waals surface area contributed by atoms with Crippen LogP contribution in [0.2, 0.25) is 0 Å². The van der Waals surface area contributed by atoms with Crippen molar-refractivity contribution in [2.75, 3.05) is 5.32 Å². The van der Waals surface area contributed by atoms with E-state index < -0.39 is 11.7 Å². The minimum absolute atomic E-state index is 0.116. The quantitative estimate of drug-likeness (QED) is 0.708. The Labute approximate surface area is 162 Å². The third-order valence-corrected chi connectivity index (χ3v) is 4.04. The molecule has 2 aromatic rings. The van der Waals surface area contributed by atoms with Crippen molar-refractivity contribution < 1.29 is 14.3 Å². The van der Waals surface area contributed by atoms with Crippen LogP contribution in [0.25, 0.3) is 0 Å². The molecule has 6 heteroatoms. The van der Waals surface area contributed by atoms with Crippen LogP contribution < -0.4 is 10.6 Å². The first-order valence-electron chi connectivity index (χ1n) is 8.30. The summed E-state index contributed by atoms with van der Waals surface area (Å²) in [6.45, 7) is 7.32. The molecule has 0 aromatic heterocycles. The van der Waals surface area contributed by atoms with E-state index in [2.05, 4.69) is 26.6 Å². The molecule has 0 spiro atoms. The van der Waals surface area contributed by atoms with Crippen LogP contribution in [0.3, 0.4) is 0 Å². The van der Waals surface area contributed by atoms with Gasteiger partial charge in [0.1, 0.15) is 5.60 Å². The van der Waals surface area contributed by atoms with E-state index in [9.17, 15) is 9.59 Å². The van der Waals surface area contributed by atoms with Gasteiger partial charge in [0.15, 0.2) is 0 Å². The molecule has 2 rings (SSSR count). The lowest BCUT2D eigenvalue weighted by Crippen LogP contribution is -2.27. The zero-order valence-electron chi connectivity index (χ0n) is 15.3. The van der Waals surface area contributed by atoms with Crippen molar-refractivity contribution in [3.8, 4) is 0 Å². The van der Waals surface area contributed by atoms with E-state index in [1.54, 1.807) is 45.0 Å². The van der Waals surface area contributed by atoms with Crippen LogP contribution in [-0.4, -0.2) is 17.6 Å². The molecular weight excluding hydrogens is 396 g/mol. The average Bonchev–Trinajstić information content (AvgIpc) is 2.54. The fraction of sp³-hybridized carbons (Fsp3) is 0.300. The van der Waals surface area contributed by atoms with Crippen LogP contribution in [0.1, 0.15) is 49.7 Å². The first-order chi connectivity index (χ1) is 12.1. The van der Waals surface area contributed by atoms with Crippen molar-refractivity contribution in [1.29, 1.82) is 0 Å². The Bertz CT molecular complexity index is 765. The summed E-state index contributed by atoms with van der Waals surface area (Å²) in [7, 11) is 0. The number of rotatable bonds is 4. The zero-order chi connectivity index (χ0) is 19.3. The molecule has 0 heterocycles. The molecule has 0 fully saturated rings. The summed E-state index contributed by atoms with van der Waals surface area (Å²) < 4.78 is 6.19. The Balaban J connectivity index is 1.95. The predicted octanol–water partition coefficient (Wildman–Crippen LogP) is 5.29. The van der Waals surface area contributed by atoms with Gasteiger partial charge in [0.2, 0.25) is 0 Å². The number of hydrogen-bond donors (Lipinski definition) is 2. The van der Waals surface area contributed by atoms with Crippen LogP contribution in [-0.2, 0) is 4.74 Å². The maximum absolute atomic E-state index is 12.4. The number of nitrogens with one attached hydrogen (secondary N) is 2. The molecule has 0 aliphatic heterocycles. The summed E-state index contributed by atoms with van der Waals surface area (Å²) in [5.41, 5.74) is 1.54. The number of carbonyl (C=O) groups excluding carboxylic acids is 2. The topological polar surface area (TPSA) is 67.4 Å². The number of amides is 2. The number of benzene rings is 2. The maximum Gasteiger partial charge on any atom is 0.412 e. The SMILES string of the molecule is C[C@@H](NC(=O)c1ccc(NC(=O)OC(C)(C)C)cc1)c1ccc(Br)cc1. The van der Waals surface area contributed by atoms with Gasteiger partial charge >= 0.3 is 6.09 Å². The van der Waals surface area contributed by atoms with Gasteiger partial charge in [-0.1, -0.05) is 28.1 Å². The molecule has 26 heavy (non-hydrogen) atoms. The summed E-state index contributed by atoms with van der Waals surface area (Å²) in [6.07, 6.45) is -0.529. The molecule has 0 aliphatic carbocycles. The lowest BCUT2D eigenvalue weighted by atomic mass is 10.1. The minimum atomic E-state index is -0.562. The molecule has 0 bridgehead atoms. The summed E-state index contributed by atoms with van der Waals surface area (Å²) in [5.74, 6) is -0.177. The van der Waals surface area contributed by atoms with Gasteiger partial charge in [-0.15, -0.1) is 0 Å². The van der Waals surface area contributed by atoms with Crippen LogP contribution in [0.4, 0.5) is 10.5 Å². The van der Waals surface area contributed by atoms with Crippen LogP contribution >= 0.6 is 15.9 Å². The van der Waals surface area contributed by atoms with E-state index >= 15 is 0 Å². The fourth-order valence-corrected chi connectivity index (χ4v) is 2.51. The second-order valence-corrected chi connectivity index (χ2v) is 7.87. The minimum Gasteiger partial charge on any atom is -0.444 e. The summed E-state index contributed by atoms with van der Waals surface area (Å²) in [5, 5.41) is 5.60. The monoisotopic (exact) mass is 418 g/mol. The molecule has 2 aromatic carbocycles. The van der Waals surface area contributed by atoms with E-state index in [1.165, 1.54) is 0 Å². The van der Waals surface area contributed by atoms with Gasteiger partial charge in [0.25, 0.3) is 5.91 Å². The number of halogens is 1. The molecule has 0 saturated carbocycles. The largest absolute Gasteiger partial charge is 0.444 e. The molecule has 0 unspecified atom stereocenters. The van der Waals surface area contributed by atoms with Crippen molar-refractivity contribution in [3.63, 3.8) is 0 Å². The van der Waals surface area contributed by atoms with Gasteiger partial charge in [0.05, 0.1) is 6.04 Å². The van der Waals surface area contributed by atoms with Crippen molar-refractivity contribution in [1.82, 2.24) is 5.32 Å². The van der Waals surface area contributed by atoms with E-state index in [0.29, 0.717) is 11.3 Å². The normalized spacial score (nSPS) is 12.2. The Morgan fingerprint density at radius 3 is 2.12 bits per heavy atom. The third-order valence-electron chi connectivity index (χ3n) is 3.51. The first kappa shape index (κ1) is 20.0. The Morgan fingerprint density at radius 1 is 1.00 bits per heavy atom.